The van der Waals surface area contributed by atoms with Crippen molar-refractivity contribution in [2.75, 3.05) is 0 Å². The third kappa shape index (κ3) is 4.23. The van der Waals surface area contributed by atoms with E-state index in [4.69, 9.17) is 5.11 Å². The molecule has 0 bridgehead atoms. The Labute approximate surface area is 122 Å². The monoisotopic (exact) mass is 296 g/mol. The molecular weight excluding hydrogens is 276 g/mol. The number of carboxylic acid groups (broad SMARTS) is 1. The van der Waals surface area contributed by atoms with E-state index < -0.39 is 5.97 Å². The molecule has 110 valence electrons. The molecule has 1 aliphatic carbocycles. The Morgan fingerprint density at radius 3 is 2.60 bits per heavy atom. The summed E-state index contributed by atoms with van der Waals surface area (Å²) in [5, 5.41) is 14.5. The van der Waals surface area contributed by atoms with Gasteiger partial charge in [-0.25, -0.2) is 4.79 Å². The Morgan fingerprint density at radius 1 is 1.40 bits per heavy atom. The molecule has 0 radical (unpaired) electrons. The second-order valence-electron chi connectivity index (χ2n) is 5.33. The number of amides is 2. The maximum atomic E-state index is 11.9. The molecular formula is C14H20N2O3S. The molecule has 3 N–H and O–H groups in total. The predicted octanol–water partition coefficient (Wildman–Crippen LogP) is 2.67. The molecule has 2 unspecified atom stereocenters. The van der Waals surface area contributed by atoms with Crippen LogP contribution in [0, 0.1) is 12.8 Å². The Balaban J connectivity index is 1.85. The highest BCUT2D eigenvalue weighted by Gasteiger charge is 2.33. The van der Waals surface area contributed by atoms with E-state index in [-0.39, 0.29) is 24.5 Å². The van der Waals surface area contributed by atoms with E-state index >= 15 is 0 Å². The number of aliphatic carboxylic acids is 1. The highest BCUT2D eigenvalue weighted by molar-refractivity contribution is 7.12. The molecule has 2 rings (SSSR count). The number of thiophene rings is 1. The Bertz CT molecular complexity index is 496. The number of carbonyl (C=O) groups is 2. The van der Waals surface area contributed by atoms with Crippen LogP contribution in [0.4, 0.5) is 4.79 Å². The summed E-state index contributed by atoms with van der Waals surface area (Å²) in [6.07, 6.45) is 1.99. The molecule has 1 saturated carbocycles. The summed E-state index contributed by atoms with van der Waals surface area (Å²) in [4.78, 5) is 25.0. The topological polar surface area (TPSA) is 78.4 Å². The number of urea groups is 1. The fourth-order valence-electron chi connectivity index (χ4n) is 2.19. The van der Waals surface area contributed by atoms with Crippen LogP contribution in [0.5, 0.6) is 0 Å². The molecule has 2 amide bonds. The van der Waals surface area contributed by atoms with Gasteiger partial charge in [0.05, 0.1) is 12.5 Å². The molecule has 20 heavy (non-hydrogen) atoms. The summed E-state index contributed by atoms with van der Waals surface area (Å²) in [6.45, 7) is 3.95. The summed E-state index contributed by atoms with van der Waals surface area (Å²) in [7, 11) is 0. The van der Waals surface area contributed by atoms with Gasteiger partial charge in [0.15, 0.2) is 0 Å². The van der Waals surface area contributed by atoms with Crippen LogP contribution in [-0.2, 0) is 4.79 Å². The molecule has 1 heterocycles. The van der Waals surface area contributed by atoms with Crippen LogP contribution < -0.4 is 10.6 Å². The summed E-state index contributed by atoms with van der Waals surface area (Å²) >= 11 is 1.65. The second kappa shape index (κ2) is 6.26. The van der Waals surface area contributed by atoms with Gasteiger partial charge in [0.25, 0.3) is 0 Å². The number of hydrogen-bond donors (Lipinski definition) is 3. The number of rotatable bonds is 6. The maximum absolute atomic E-state index is 11.9. The van der Waals surface area contributed by atoms with Crippen molar-refractivity contribution in [1.29, 1.82) is 0 Å². The average molecular weight is 296 g/mol. The van der Waals surface area contributed by atoms with Crippen molar-refractivity contribution in [2.45, 2.75) is 45.2 Å². The number of hydrogen-bond acceptors (Lipinski definition) is 3. The minimum Gasteiger partial charge on any atom is -0.481 e. The lowest BCUT2D eigenvalue weighted by Crippen LogP contribution is -2.44. The predicted molar refractivity (Wildman–Crippen MR) is 77.9 cm³/mol. The molecule has 0 aliphatic heterocycles. The van der Waals surface area contributed by atoms with Crippen LogP contribution >= 0.6 is 11.3 Å². The minimum absolute atomic E-state index is 0.00935. The first kappa shape index (κ1) is 14.8. The molecule has 1 fully saturated rings. The smallest absolute Gasteiger partial charge is 0.315 e. The molecule has 1 aromatic heterocycles. The van der Waals surface area contributed by atoms with Gasteiger partial charge in [-0.2, -0.15) is 0 Å². The second-order valence-corrected chi connectivity index (χ2v) is 6.65. The van der Waals surface area contributed by atoms with Crippen LogP contribution in [-0.4, -0.2) is 23.1 Å². The Kier molecular flexibility index (Phi) is 4.65. The van der Waals surface area contributed by atoms with E-state index in [1.54, 1.807) is 11.3 Å². The van der Waals surface area contributed by atoms with Gasteiger partial charge in [0.1, 0.15) is 0 Å². The molecule has 6 heteroatoms. The number of carbonyl (C=O) groups excluding carboxylic acids is 1. The van der Waals surface area contributed by atoms with Crippen molar-refractivity contribution in [3.05, 3.63) is 21.9 Å². The van der Waals surface area contributed by atoms with Gasteiger partial charge in [0.2, 0.25) is 0 Å². The number of aryl methyl sites for hydroxylation is 1. The van der Waals surface area contributed by atoms with Crippen molar-refractivity contribution >= 4 is 23.3 Å². The standard InChI is InChI=1S/C14H20N2O3S/c1-8-3-6-12(20-8)9(2)15-14(19)16-11(7-13(17)18)10-4-5-10/h3,6,9-11H,4-5,7H2,1-2H3,(H,17,18)(H2,15,16,19). The van der Waals surface area contributed by atoms with Gasteiger partial charge in [-0.05, 0) is 44.7 Å². The SMILES string of the molecule is Cc1ccc(C(C)NC(=O)NC(CC(=O)O)C2CC2)s1. The zero-order chi connectivity index (χ0) is 14.7. The van der Waals surface area contributed by atoms with E-state index in [0.717, 1.165) is 17.7 Å². The first-order valence-corrected chi connectivity index (χ1v) is 7.62. The molecule has 1 aliphatic rings. The van der Waals surface area contributed by atoms with Gasteiger partial charge in [0, 0.05) is 15.8 Å². The van der Waals surface area contributed by atoms with Crippen LogP contribution in [0.15, 0.2) is 12.1 Å². The Hall–Kier alpha value is -1.56. The highest BCUT2D eigenvalue weighted by atomic mass is 32.1. The fourth-order valence-corrected chi connectivity index (χ4v) is 3.07. The molecule has 1 aromatic rings. The number of nitrogens with one attached hydrogen (secondary N) is 2. The van der Waals surface area contributed by atoms with Crippen molar-refractivity contribution in [3.63, 3.8) is 0 Å². The molecule has 2 atom stereocenters. The largest absolute Gasteiger partial charge is 0.481 e. The minimum atomic E-state index is -0.871. The quantitative estimate of drug-likeness (QED) is 0.755. The summed E-state index contributed by atoms with van der Waals surface area (Å²) < 4.78 is 0. The van der Waals surface area contributed by atoms with E-state index in [9.17, 15) is 9.59 Å². The molecule has 0 saturated heterocycles. The van der Waals surface area contributed by atoms with Crippen molar-refractivity contribution in [3.8, 4) is 0 Å². The molecule has 0 spiro atoms. The van der Waals surface area contributed by atoms with Crippen LogP contribution in [0.2, 0.25) is 0 Å². The van der Waals surface area contributed by atoms with E-state index in [1.807, 2.05) is 26.0 Å². The molecule has 0 aromatic carbocycles. The lowest BCUT2D eigenvalue weighted by Gasteiger charge is -2.19. The Morgan fingerprint density at radius 2 is 2.10 bits per heavy atom. The fraction of sp³-hybridized carbons (Fsp3) is 0.571. The van der Waals surface area contributed by atoms with Crippen LogP contribution in [0.25, 0.3) is 0 Å². The lowest BCUT2D eigenvalue weighted by atomic mass is 10.1. The average Bonchev–Trinajstić information content (AvgIpc) is 3.10. The van der Waals surface area contributed by atoms with Gasteiger partial charge in [-0.3, -0.25) is 4.79 Å². The normalized spacial score (nSPS) is 17.3. The van der Waals surface area contributed by atoms with Crippen molar-refractivity contribution < 1.29 is 14.7 Å². The summed E-state index contributed by atoms with van der Waals surface area (Å²) in [5.74, 6) is -0.555. The van der Waals surface area contributed by atoms with Crippen molar-refractivity contribution in [1.82, 2.24) is 10.6 Å². The first-order valence-electron chi connectivity index (χ1n) is 6.81. The third-order valence-corrected chi connectivity index (χ3v) is 4.62. The summed E-state index contributed by atoms with van der Waals surface area (Å²) in [6, 6.07) is 3.40. The van der Waals surface area contributed by atoms with Crippen LogP contribution in [0.3, 0.4) is 0 Å². The molecule has 5 nitrogen and oxygen atoms in total. The number of carboxylic acids is 1. The van der Waals surface area contributed by atoms with Gasteiger partial charge in [-0.1, -0.05) is 0 Å². The maximum Gasteiger partial charge on any atom is 0.315 e. The van der Waals surface area contributed by atoms with Crippen LogP contribution in [0.1, 0.15) is 42.0 Å². The van der Waals surface area contributed by atoms with Gasteiger partial charge in [-0.15, -0.1) is 11.3 Å². The first-order chi connectivity index (χ1) is 9.45. The van der Waals surface area contributed by atoms with E-state index in [0.29, 0.717) is 5.92 Å². The zero-order valence-corrected chi connectivity index (χ0v) is 12.5. The van der Waals surface area contributed by atoms with Gasteiger partial charge < -0.3 is 15.7 Å². The lowest BCUT2D eigenvalue weighted by molar-refractivity contribution is -0.137. The van der Waals surface area contributed by atoms with E-state index in [1.165, 1.54) is 4.88 Å². The summed E-state index contributed by atoms with van der Waals surface area (Å²) in [5.41, 5.74) is 0. The third-order valence-electron chi connectivity index (χ3n) is 3.44. The van der Waals surface area contributed by atoms with E-state index in [2.05, 4.69) is 10.6 Å². The van der Waals surface area contributed by atoms with Gasteiger partial charge >= 0.3 is 12.0 Å². The zero-order valence-electron chi connectivity index (χ0n) is 11.7. The van der Waals surface area contributed by atoms with Crippen molar-refractivity contribution in [2.24, 2.45) is 5.92 Å². The highest BCUT2D eigenvalue weighted by Crippen LogP contribution is 2.34.